The molecular formula is C27H22O8. The van der Waals surface area contributed by atoms with Gasteiger partial charge in [0.1, 0.15) is 34.5 Å². The van der Waals surface area contributed by atoms with Crippen LogP contribution in [0, 0.1) is 0 Å². The van der Waals surface area contributed by atoms with Gasteiger partial charge in [0.25, 0.3) is 0 Å². The Labute approximate surface area is 200 Å². The van der Waals surface area contributed by atoms with Gasteiger partial charge in [-0.3, -0.25) is 9.59 Å². The second-order valence-electron chi connectivity index (χ2n) is 8.04. The summed E-state index contributed by atoms with van der Waals surface area (Å²) in [6, 6.07) is 13.7. The van der Waals surface area contributed by atoms with E-state index >= 15 is 0 Å². The molecule has 0 radical (unpaired) electrons. The molecule has 178 valence electrons. The topological polar surface area (TPSA) is 104 Å². The first kappa shape index (κ1) is 22.3. The number of carbonyl (C=O) groups is 1. The highest BCUT2D eigenvalue weighted by Gasteiger charge is 2.35. The fraction of sp³-hybridized carbons (Fsp3) is 0.185. The third-order valence-electron chi connectivity index (χ3n) is 6.17. The molecular weight excluding hydrogens is 452 g/mol. The van der Waals surface area contributed by atoms with Crippen molar-refractivity contribution in [2.45, 2.75) is 12.3 Å². The number of hydrogen-bond acceptors (Lipinski definition) is 8. The lowest BCUT2D eigenvalue weighted by atomic mass is 9.84. The molecule has 2 heterocycles. The molecule has 0 amide bonds. The second kappa shape index (κ2) is 8.72. The fourth-order valence-electron chi connectivity index (χ4n) is 4.54. The zero-order valence-corrected chi connectivity index (χ0v) is 19.3. The van der Waals surface area contributed by atoms with Crippen molar-refractivity contribution in [3.05, 3.63) is 76.1 Å². The van der Waals surface area contributed by atoms with Crippen LogP contribution in [0.3, 0.4) is 0 Å². The van der Waals surface area contributed by atoms with Crippen LogP contribution in [0.1, 0.15) is 23.5 Å². The molecule has 0 saturated heterocycles. The van der Waals surface area contributed by atoms with E-state index in [0.717, 1.165) is 0 Å². The van der Waals surface area contributed by atoms with Crippen LogP contribution in [-0.4, -0.2) is 32.4 Å². The second-order valence-corrected chi connectivity index (χ2v) is 8.04. The van der Waals surface area contributed by atoms with Gasteiger partial charge in [0.2, 0.25) is 5.43 Å². The number of fused-ring (bicyclic) bond motifs is 3. The number of phenolic OH excluding ortho intramolecular Hbond substituents is 1. The summed E-state index contributed by atoms with van der Waals surface area (Å²) in [5.41, 5.74) is 1.78. The van der Waals surface area contributed by atoms with E-state index in [-0.39, 0.29) is 28.9 Å². The normalized spacial score (nSPS) is 14.8. The van der Waals surface area contributed by atoms with Gasteiger partial charge in [0, 0.05) is 29.2 Å². The first-order valence-electron chi connectivity index (χ1n) is 10.8. The maximum absolute atomic E-state index is 13.5. The summed E-state index contributed by atoms with van der Waals surface area (Å²) in [4.78, 5) is 26.0. The summed E-state index contributed by atoms with van der Waals surface area (Å²) in [5.74, 6) is 0.0386. The largest absolute Gasteiger partial charge is 0.507 e. The van der Waals surface area contributed by atoms with E-state index in [1.54, 1.807) is 24.3 Å². The van der Waals surface area contributed by atoms with E-state index in [2.05, 4.69) is 0 Å². The van der Waals surface area contributed by atoms with Crippen molar-refractivity contribution >= 4 is 16.9 Å². The number of ether oxygens (including phenoxy) is 4. The first-order chi connectivity index (χ1) is 17.0. The molecule has 1 aliphatic heterocycles. The molecule has 1 N–H and O–H groups in total. The summed E-state index contributed by atoms with van der Waals surface area (Å²) in [6.45, 7) is 0. The van der Waals surface area contributed by atoms with Crippen LogP contribution in [0.15, 0.2) is 64.0 Å². The molecule has 1 aromatic heterocycles. The molecule has 8 nitrogen and oxygen atoms in total. The smallest absolute Gasteiger partial charge is 0.312 e. The number of carbonyl (C=O) groups excluding carboxylic acids is 1. The molecule has 0 aliphatic carbocycles. The minimum atomic E-state index is -0.602. The summed E-state index contributed by atoms with van der Waals surface area (Å²) >= 11 is 0. The maximum atomic E-state index is 13.5. The lowest BCUT2D eigenvalue weighted by molar-refractivity contribution is -0.135. The number of esters is 1. The van der Waals surface area contributed by atoms with Crippen molar-refractivity contribution in [3.63, 3.8) is 0 Å². The quantitative estimate of drug-likeness (QED) is 0.330. The summed E-state index contributed by atoms with van der Waals surface area (Å²) in [6.07, 6.45) is 1.32. The summed E-state index contributed by atoms with van der Waals surface area (Å²) in [7, 11) is 4.53. The molecule has 5 rings (SSSR count). The fourth-order valence-corrected chi connectivity index (χ4v) is 4.54. The summed E-state index contributed by atoms with van der Waals surface area (Å²) < 4.78 is 27.9. The predicted molar refractivity (Wildman–Crippen MR) is 128 cm³/mol. The Hall–Kier alpha value is -4.46. The number of phenols is 1. The third-order valence-corrected chi connectivity index (χ3v) is 6.17. The Bertz CT molecular complexity index is 1500. The standard InChI is InChI=1S/C27H22O8/c1-31-19-12-21(33-3)20(32-2)9-15(19)16-10-23(29)35-22-11-18(28)25-26(30)17(13-34-27(25)24(16)22)14-7-5-4-6-8-14/h4-9,11-13,16,28H,10H2,1-3H3/t16-/m0/s1. The molecule has 0 saturated carbocycles. The first-order valence-corrected chi connectivity index (χ1v) is 10.8. The van der Waals surface area contributed by atoms with E-state index in [1.165, 1.54) is 33.7 Å². The van der Waals surface area contributed by atoms with Gasteiger partial charge in [-0.15, -0.1) is 0 Å². The van der Waals surface area contributed by atoms with Gasteiger partial charge in [-0.25, -0.2) is 0 Å². The molecule has 35 heavy (non-hydrogen) atoms. The van der Waals surface area contributed by atoms with Crippen LogP contribution >= 0.6 is 0 Å². The number of hydrogen-bond donors (Lipinski definition) is 1. The third kappa shape index (κ3) is 3.63. The van der Waals surface area contributed by atoms with Gasteiger partial charge < -0.3 is 28.5 Å². The molecule has 0 fully saturated rings. The van der Waals surface area contributed by atoms with Gasteiger partial charge in [-0.2, -0.15) is 0 Å². The van der Waals surface area contributed by atoms with Crippen molar-refractivity contribution < 1.29 is 33.3 Å². The zero-order chi connectivity index (χ0) is 24.7. The molecule has 0 bridgehead atoms. The zero-order valence-electron chi connectivity index (χ0n) is 19.3. The van der Waals surface area contributed by atoms with Crippen molar-refractivity contribution in [3.8, 4) is 39.9 Å². The summed E-state index contributed by atoms with van der Waals surface area (Å²) in [5, 5.41) is 10.8. The number of benzene rings is 3. The molecule has 8 heteroatoms. The van der Waals surface area contributed by atoms with Crippen LogP contribution in [0.25, 0.3) is 22.1 Å². The van der Waals surface area contributed by atoms with Gasteiger partial charge in [-0.05, 0) is 11.6 Å². The van der Waals surface area contributed by atoms with E-state index < -0.39 is 17.3 Å². The Morgan fingerprint density at radius 1 is 0.914 bits per heavy atom. The van der Waals surface area contributed by atoms with Crippen LogP contribution in [-0.2, 0) is 4.79 Å². The van der Waals surface area contributed by atoms with Crippen molar-refractivity contribution in [2.75, 3.05) is 21.3 Å². The van der Waals surface area contributed by atoms with Gasteiger partial charge in [0.15, 0.2) is 11.5 Å². The molecule has 1 aliphatic rings. The van der Waals surface area contributed by atoms with Gasteiger partial charge in [0.05, 0.1) is 33.3 Å². The number of aromatic hydroxyl groups is 1. The SMILES string of the molecule is COc1cc(OC)c([C@@H]2CC(=O)Oc3cc(O)c4c(=O)c(-c5ccccc5)coc4c32)cc1OC. The Balaban J connectivity index is 1.80. The van der Waals surface area contributed by atoms with Crippen LogP contribution in [0.5, 0.6) is 28.7 Å². The Morgan fingerprint density at radius 2 is 1.60 bits per heavy atom. The highest BCUT2D eigenvalue weighted by molar-refractivity contribution is 5.94. The van der Waals surface area contributed by atoms with Gasteiger partial charge >= 0.3 is 5.97 Å². The van der Waals surface area contributed by atoms with Crippen LogP contribution in [0.4, 0.5) is 0 Å². The Kier molecular flexibility index (Phi) is 5.56. The molecule has 1 atom stereocenters. The van der Waals surface area contributed by atoms with E-state index in [4.69, 9.17) is 23.4 Å². The minimum Gasteiger partial charge on any atom is -0.507 e. The highest BCUT2D eigenvalue weighted by Crippen LogP contribution is 2.49. The molecule has 0 spiro atoms. The minimum absolute atomic E-state index is 0.00694. The maximum Gasteiger partial charge on any atom is 0.312 e. The molecule has 3 aromatic carbocycles. The lowest BCUT2D eigenvalue weighted by Crippen LogP contribution is -2.22. The molecule has 0 unspecified atom stereocenters. The number of rotatable bonds is 5. The van der Waals surface area contributed by atoms with Crippen LogP contribution in [0.2, 0.25) is 0 Å². The average Bonchev–Trinajstić information content (AvgIpc) is 2.87. The van der Waals surface area contributed by atoms with Crippen LogP contribution < -0.4 is 24.4 Å². The monoisotopic (exact) mass is 474 g/mol. The highest BCUT2D eigenvalue weighted by atomic mass is 16.5. The molecule has 4 aromatic rings. The van der Waals surface area contributed by atoms with E-state index in [9.17, 15) is 14.7 Å². The van der Waals surface area contributed by atoms with Crippen molar-refractivity contribution in [1.82, 2.24) is 0 Å². The van der Waals surface area contributed by atoms with Crippen molar-refractivity contribution in [2.24, 2.45) is 0 Å². The average molecular weight is 474 g/mol. The Morgan fingerprint density at radius 3 is 2.29 bits per heavy atom. The lowest BCUT2D eigenvalue weighted by Gasteiger charge is -2.27. The van der Waals surface area contributed by atoms with Gasteiger partial charge in [-0.1, -0.05) is 30.3 Å². The van der Waals surface area contributed by atoms with E-state index in [1.807, 2.05) is 18.2 Å². The van der Waals surface area contributed by atoms with E-state index in [0.29, 0.717) is 39.5 Å². The van der Waals surface area contributed by atoms with Crippen molar-refractivity contribution in [1.29, 1.82) is 0 Å². The predicted octanol–water partition coefficient (Wildman–Crippen LogP) is 4.63. The number of methoxy groups -OCH3 is 3.